The third-order valence-corrected chi connectivity index (χ3v) is 4.28. The zero-order chi connectivity index (χ0) is 19.6. The quantitative estimate of drug-likeness (QED) is 0.660. The van der Waals surface area contributed by atoms with E-state index in [1.165, 1.54) is 30.9 Å². The van der Waals surface area contributed by atoms with Gasteiger partial charge in [0, 0.05) is 25.3 Å². The van der Waals surface area contributed by atoms with Crippen molar-refractivity contribution in [1.82, 2.24) is 19.4 Å². The number of aryl methyl sites for hydroxylation is 1. The normalized spacial score (nSPS) is 10.8. The molecule has 1 amide bonds. The number of nitrogens with one attached hydrogen (secondary N) is 1. The maximum atomic E-state index is 12.3. The summed E-state index contributed by atoms with van der Waals surface area (Å²) in [5, 5.41) is 3.51. The van der Waals surface area contributed by atoms with Gasteiger partial charge in [0.15, 0.2) is 0 Å². The summed E-state index contributed by atoms with van der Waals surface area (Å²) < 4.78 is 7.74. The minimum Gasteiger partial charge on any atom is -0.492 e. The molecule has 2 aromatic heterocycles. The smallest absolute Gasteiger partial charge is 0.332 e. The maximum Gasteiger partial charge on any atom is 0.332 e. The van der Waals surface area contributed by atoms with Crippen LogP contribution in [0.15, 0.2) is 46.1 Å². The van der Waals surface area contributed by atoms with Crippen LogP contribution in [-0.4, -0.2) is 33.2 Å². The van der Waals surface area contributed by atoms with E-state index in [4.69, 9.17) is 16.3 Å². The van der Waals surface area contributed by atoms with Crippen LogP contribution in [0.4, 0.5) is 0 Å². The molecule has 3 rings (SSSR count). The van der Waals surface area contributed by atoms with Crippen molar-refractivity contribution in [3.05, 3.63) is 68.0 Å². The van der Waals surface area contributed by atoms with Crippen molar-refractivity contribution in [2.75, 3.05) is 13.2 Å². The molecular weight excluding hydrogens is 372 g/mol. The Hall–Kier alpha value is -3.13. The van der Waals surface area contributed by atoms with Gasteiger partial charge in [-0.25, -0.2) is 9.78 Å². The molecule has 0 atom stereocenters. The number of rotatable bonds is 5. The number of hydrogen-bond acceptors (Lipinski definition) is 5. The molecule has 3 aromatic rings. The Balaban J connectivity index is 1.69. The molecule has 0 aliphatic heterocycles. The summed E-state index contributed by atoms with van der Waals surface area (Å²) >= 11 is 5.80. The van der Waals surface area contributed by atoms with E-state index in [1.807, 2.05) is 0 Å². The van der Waals surface area contributed by atoms with Crippen LogP contribution in [0.3, 0.4) is 0 Å². The molecule has 0 aliphatic carbocycles. The summed E-state index contributed by atoms with van der Waals surface area (Å²) in [6.07, 6.45) is 1.33. The van der Waals surface area contributed by atoms with E-state index in [2.05, 4.69) is 10.3 Å². The third-order valence-electron chi connectivity index (χ3n) is 4.03. The van der Waals surface area contributed by atoms with Crippen LogP contribution in [0.2, 0.25) is 5.02 Å². The lowest BCUT2D eigenvalue weighted by atomic mass is 10.2. The van der Waals surface area contributed by atoms with Gasteiger partial charge in [-0.1, -0.05) is 11.6 Å². The molecule has 0 saturated carbocycles. The summed E-state index contributed by atoms with van der Waals surface area (Å²) in [6, 6.07) is 8.32. The van der Waals surface area contributed by atoms with Crippen LogP contribution in [0.25, 0.3) is 11.0 Å². The molecule has 0 fully saturated rings. The van der Waals surface area contributed by atoms with Crippen molar-refractivity contribution in [2.45, 2.75) is 0 Å². The number of ether oxygens (including phenoxy) is 1. The largest absolute Gasteiger partial charge is 0.492 e. The highest BCUT2D eigenvalue weighted by Gasteiger charge is 2.13. The predicted molar refractivity (Wildman–Crippen MR) is 102 cm³/mol. The lowest BCUT2D eigenvalue weighted by molar-refractivity contribution is 0.0947. The molecule has 0 aliphatic rings. The molecule has 0 saturated heterocycles. The van der Waals surface area contributed by atoms with E-state index >= 15 is 0 Å². The fraction of sp³-hybridized carbons (Fsp3) is 0.222. The Morgan fingerprint density at radius 2 is 1.89 bits per heavy atom. The van der Waals surface area contributed by atoms with Gasteiger partial charge in [-0.05, 0) is 30.3 Å². The number of halogens is 1. The van der Waals surface area contributed by atoms with E-state index in [0.717, 1.165) is 4.57 Å². The van der Waals surface area contributed by atoms with E-state index in [-0.39, 0.29) is 35.7 Å². The van der Waals surface area contributed by atoms with Crippen molar-refractivity contribution in [2.24, 2.45) is 14.1 Å². The van der Waals surface area contributed by atoms with E-state index < -0.39 is 11.2 Å². The van der Waals surface area contributed by atoms with Crippen LogP contribution in [0.5, 0.6) is 5.75 Å². The van der Waals surface area contributed by atoms with Crippen molar-refractivity contribution in [3.63, 3.8) is 0 Å². The van der Waals surface area contributed by atoms with Gasteiger partial charge in [0.25, 0.3) is 11.5 Å². The second-order valence-corrected chi connectivity index (χ2v) is 6.30. The number of fused-ring (bicyclic) bond motifs is 1. The van der Waals surface area contributed by atoms with Gasteiger partial charge in [0.1, 0.15) is 18.0 Å². The summed E-state index contributed by atoms with van der Waals surface area (Å²) in [5.74, 6) is 0.255. The lowest BCUT2D eigenvalue weighted by Gasteiger charge is -2.09. The molecule has 8 nitrogen and oxygen atoms in total. The number of aromatic nitrogens is 3. The van der Waals surface area contributed by atoms with E-state index in [0.29, 0.717) is 10.8 Å². The van der Waals surface area contributed by atoms with Crippen LogP contribution in [0.1, 0.15) is 10.4 Å². The first kappa shape index (κ1) is 18.7. The molecule has 0 bridgehead atoms. The fourth-order valence-electron chi connectivity index (χ4n) is 2.56. The summed E-state index contributed by atoms with van der Waals surface area (Å²) in [7, 11) is 2.90. The molecule has 9 heteroatoms. The Morgan fingerprint density at radius 1 is 1.19 bits per heavy atom. The first-order valence-electron chi connectivity index (χ1n) is 8.11. The summed E-state index contributed by atoms with van der Waals surface area (Å²) in [5.41, 5.74) is -0.520. The third kappa shape index (κ3) is 3.85. The van der Waals surface area contributed by atoms with E-state index in [9.17, 15) is 14.4 Å². The molecule has 1 aromatic carbocycles. The van der Waals surface area contributed by atoms with Gasteiger partial charge in [0.2, 0.25) is 0 Å². The molecule has 0 unspecified atom stereocenters. The Morgan fingerprint density at radius 3 is 2.59 bits per heavy atom. The monoisotopic (exact) mass is 388 g/mol. The molecule has 0 radical (unpaired) electrons. The second-order valence-electron chi connectivity index (χ2n) is 5.86. The van der Waals surface area contributed by atoms with Crippen LogP contribution < -0.4 is 21.3 Å². The van der Waals surface area contributed by atoms with Gasteiger partial charge in [-0.3, -0.25) is 18.7 Å². The number of carbonyl (C=O) groups excluding carboxylic acids is 1. The average Bonchev–Trinajstić information content (AvgIpc) is 2.68. The first-order valence-corrected chi connectivity index (χ1v) is 8.48. The zero-order valence-electron chi connectivity index (χ0n) is 14.7. The van der Waals surface area contributed by atoms with Gasteiger partial charge in [0.05, 0.1) is 17.5 Å². The molecular formula is C18H17ClN4O4. The van der Waals surface area contributed by atoms with Gasteiger partial charge in [-0.2, -0.15) is 0 Å². The number of carbonyl (C=O) groups is 1. The minimum absolute atomic E-state index is 0.199. The zero-order valence-corrected chi connectivity index (χ0v) is 15.5. The lowest BCUT2D eigenvalue weighted by Crippen LogP contribution is -2.37. The van der Waals surface area contributed by atoms with Crippen LogP contribution >= 0.6 is 11.6 Å². The average molecular weight is 389 g/mol. The number of pyridine rings is 1. The van der Waals surface area contributed by atoms with Crippen LogP contribution in [-0.2, 0) is 14.1 Å². The molecule has 27 heavy (non-hydrogen) atoms. The predicted octanol–water partition coefficient (Wildman–Crippen LogP) is 1.09. The van der Waals surface area contributed by atoms with Crippen molar-refractivity contribution in [1.29, 1.82) is 0 Å². The highest BCUT2D eigenvalue weighted by molar-refractivity contribution is 6.30. The standard InChI is InChI=1S/C18H17ClN4O4/c1-22-15-14(17(25)23(2)18(22)26)9-11(10-21-15)16(24)20-7-8-27-13-5-3-12(19)4-6-13/h3-6,9-10H,7-8H2,1-2H3,(H,20,24). The Labute approximate surface area is 159 Å². The minimum atomic E-state index is -0.499. The van der Waals surface area contributed by atoms with E-state index in [1.54, 1.807) is 24.3 Å². The Kier molecular flexibility index (Phi) is 5.27. The summed E-state index contributed by atoms with van der Waals surface area (Å²) in [4.78, 5) is 40.6. The van der Waals surface area contributed by atoms with Gasteiger partial charge >= 0.3 is 5.69 Å². The fourth-order valence-corrected chi connectivity index (χ4v) is 2.68. The Bertz CT molecular complexity index is 1120. The first-order chi connectivity index (χ1) is 12.9. The van der Waals surface area contributed by atoms with Gasteiger partial charge in [-0.15, -0.1) is 0 Å². The number of nitrogens with zero attached hydrogens (tertiary/aromatic N) is 3. The number of hydrogen-bond donors (Lipinski definition) is 1. The highest BCUT2D eigenvalue weighted by atomic mass is 35.5. The van der Waals surface area contributed by atoms with Crippen molar-refractivity contribution >= 4 is 28.5 Å². The van der Waals surface area contributed by atoms with Gasteiger partial charge < -0.3 is 10.1 Å². The summed E-state index contributed by atoms with van der Waals surface area (Å²) in [6.45, 7) is 0.537. The molecule has 140 valence electrons. The highest BCUT2D eigenvalue weighted by Crippen LogP contribution is 2.15. The van der Waals surface area contributed by atoms with Crippen LogP contribution in [0, 0.1) is 0 Å². The maximum absolute atomic E-state index is 12.3. The number of benzene rings is 1. The number of amides is 1. The molecule has 2 heterocycles. The molecule has 1 N–H and O–H groups in total. The van der Waals surface area contributed by atoms with Crippen molar-refractivity contribution in [3.8, 4) is 5.75 Å². The molecule has 0 spiro atoms. The SMILES string of the molecule is Cn1c(=O)c2cc(C(=O)NCCOc3ccc(Cl)cc3)cnc2n(C)c1=O. The van der Waals surface area contributed by atoms with Crippen molar-refractivity contribution < 1.29 is 9.53 Å². The second kappa shape index (κ2) is 7.63. The topological polar surface area (TPSA) is 95.2 Å².